The van der Waals surface area contributed by atoms with E-state index in [2.05, 4.69) is 5.32 Å². The predicted molar refractivity (Wildman–Crippen MR) is 51.7 cm³/mol. The number of alkyl halides is 1. The highest BCUT2D eigenvalue weighted by atomic mass is 35.5. The molecule has 2 nitrogen and oxygen atoms in total. The average Bonchev–Trinajstić information content (AvgIpc) is 2.82. The van der Waals surface area contributed by atoms with Crippen molar-refractivity contribution < 1.29 is 4.74 Å². The SMILES string of the molecule is COCC(Cl)CNCCC1CC1. The lowest BCUT2D eigenvalue weighted by Crippen LogP contribution is -2.27. The molecule has 0 aromatic rings. The van der Waals surface area contributed by atoms with Crippen LogP contribution < -0.4 is 5.32 Å². The van der Waals surface area contributed by atoms with Crippen molar-refractivity contribution in [3.63, 3.8) is 0 Å². The van der Waals surface area contributed by atoms with Gasteiger partial charge in [-0.25, -0.2) is 0 Å². The van der Waals surface area contributed by atoms with Gasteiger partial charge in [0.15, 0.2) is 0 Å². The van der Waals surface area contributed by atoms with Crippen LogP contribution in [0, 0.1) is 5.92 Å². The Labute approximate surface area is 79.6 Å². The number of ether oxygens (including phenoxy) is 1. The van der Waals surface area contributed by atoms with Crippen molar-refractivity contribution in [2.45, 2.75) is 24.6 Å². The third-order valence-electron chi connectivity index (χ3n) is 2.14. The van der Waals surface area contributed by atoms with Crippen LogP contribution >= 0.6 is 11.6 Å². The molecule has 0 aromatic carbocycles. The Balaban J connectivity index is 1.80. The zero-order chi connectivity index (χ0) is 8.81. The van der Waals surface area contributed by atoms with Crippen LogP contribution in [-0.4, -0.2) is 32.2 Å². The highest BCUT2D eigenvalue weighted by Gasteiger charge is 2.20. The molecule has 0 amide bonds. The van der Waals surface area contributed by atoms with Crippen LogP contribution in [0.15, 0.2) is 0 Å². The fraction of sp³-hybridized carbons (Fsp3) is 1.00. The van der Waals surface area contributed by atoms with Gasteiger partial charge >= 0.3 is 0 Å². The second kappa shape index (κ2) is 5.79. The Kier molecular flexibility index (Phi) is 4.96. The van der Waals surface area contributed by atoms with E-state index in [4.69, 9.17) is 16.3 Å². The Bertz CT molecular complexity index is 117. The first kappa shape index (κ1) is 10.3. The molecule has 0 aromatic heterocycles. The Morgan fingerprint density at radius 1 is 1.58 bits per heavy atom. The third kappa shape index (κ3) is 4.96. The first-order chi connectivity index (χ1) is 5.83. The van der Waals surface area contributed by atoms with Gasteiger partial charge in [-0.15, -0.1) is 11.6 Å². The minimum Gasteiger partial charge on any atom is -0.383 e. The van der Waals surface area contributed by atoms with Crippen molar-refractivity contribution >= 4 is 11.6 Å². The molecule has 1 fully saturated rings. The zero-order valence-corrected chi connectivity index (χ0v) is 8.44. The molecule has 72 valence electrons. The fourth-order valence-electron chi connectivity index (χ4n) is 1.21. The Morgan fingerprint density at radius 2 is 2.33 bits per heavy atom. The molecule has 1 aliphatic carbocycles. The average molecular weight is 192 g/mol. The summed E-state index contributed by atoms with van der Waals surface area (Å²) in [6.07, 6.45) is 4.19. The standard InChI is InChI=1S/C9H18ClNO/c1-12-7-9(10)6-11-5-4-8-2-3-8/h8-9,11H,2-7H2,1H3. The lowest BCUT2D eigenvalue weighted by atomic mass is 10.3. The van der Waals surface area contributed by atoms with Gasteiger partial charge in [-0.2, -0.15) is 0 Å². The molecule has 1 unspecified atom stereocenters. The van der Waals surface area contributed by atoms with Gasteiger partial charge in [-0.3, -0.25) is 0 Å². The minimum absolute atomic E-state index is 0.120. The molecule has 0 spiro atoms. The number of halogens is 1. The number of nitrogens with one attached hydrogen (secondary N) is 1. The number of hydrogen-bond donors (Lipinski definition) is 1. The summed E-state index contributed by atoms with van der Waals surface area (Å²) in [6.45, 7) is 2.61. The van der Waals surface area contributed by atoms with Crippen LogP contribution in [0.25, 0.3) is 0 Å². The number of hydrogen-bond acceptors (Lipinski definition) is 2. The van der Waals surface area contributed by atoms with Gasteiger partial charge in [0.25, 0.3) is 0 Å². The van der Waals surface area contributed by atoms with E-state index in [-0.39, 0.29) is 5.38 Å². The molecule has 0 aliphatic heterocycles. The highest BCUT2D eigenvalue weighted by molar-refractivity contribution is 6.20. The van der Waals surface area contributed by atoms with Crippen LogP contribution in [0.2, 0.25) is 0 Å². The van der Waals surface area contributed by atoms with Crippen LogP contribution in [0.5, 0.6) is 0 Å². The first-order valence-electron chi connectivity index (χ1n) is 4.66. The van der Waals surface area contributed by atoms with E-state index in [1.54, 1.807) is 7.11 Å². The molecule has 0 heterocycles. The lowest BCUT2D eigenvalue weighted by molar-refractivity contribution is 0.197. The van der Waals surface area contributed by atoms with Gasteiger partial charge in [-0.1, -0.05) is 12.8 Å². The van der Waals surface area contributed by atoms with Crippen molar-refractivity contribution in [3.8, 4) is 0 Å². The van der Waals surface area contributed by atoms with Crippen LogP contribution in [-0.2, 0) is 4.74 Å². The van der Waals surface area contributed by atoms with E-state index < -0.39 is 0 Å². The monoisotopic (exact) mass is 191 g/mol. The van der Waals surface area contributed by atoms with Crippen molar-refractivity contribution in [2.75, 3.05) is 26.8 Å². The molecule has 3 heteroatoms. The van der Waals surface area contributed by atoms with Gasteiger partial charge in [0, 0.05) is 13.7 Å². The highest BCUT2D eigenvalue weighted by Crippen LogP contribution is 2.31. The van der Waals surface area contributed by atoms with E-state index in [0.717, 1.165) is 19.0 Å². The van der Waals surface area contributed by atoms with Gasteiger partial charge in [-0.05, 0) is 18.9 Å². The van der Waals surface area contributed by atoms with E-state index in [9.17, 15) is 0 Å². The second-order valence-electron chi connectivity index (χ2n) is 3.49. The van der Waals surface area contributed by atoms with E-state index in [0.29, 0.717) is 6.61 Å². The molecule has 1 atom stereocenters. The summed E-state index contributed by atoms with van der Waals surface area (Å²) in [4.78, 5) is 0. The zero-order valence-electron chi connectivity index (χ0n) is 7.68. The molecule has 0 saturated heterocycles. The summed E-state index contributed by atoms with van der Waals surface area (Å²) >= 11 is 5.92. The summed E-state index contributed by atoms with van der Waals surface area (Å²) in [5.74, 6) is 1.01. The minimum atomic E-state index is 0.120. The first-order valence-corrected chi connectivity index (χ1v) is 5.10. The quantitative estimate of drug-likeness (QED) is 0.488. The van der Waals surface area contributed by atoms with Gasteiger partial charge in [0.05, 0.1) is 12.0 Å². The molecule has 0 radical (unpaired) electrons. The summed E-state index contributed by atoms with van der Waals surface area (Å²) in [5, 5.41) is 3.45. The Hall–Kier alpha value is 0.210. The second-order valence-corrected chi connectivity index (χ2v) is 4.11. The van der Waals surface area contributed by atoms with Crippen molar-refractivity contribution in [3.05, 3.63) is 0 Å². The summed E-state index contributed by atoms with van der Waals surface area (Å²) in [6, 6.07) is 0. The topological polar surface area (TPSA) is 21.3 Å². The number of rotatable bonds is 7. The van der Waals surface area contributed by atoms with Gasteiger partial charge in [0.2, 0.25) is 0 Å². The molecule has 1 rings (SSSR count). The summed E-state index contributed by atoms with van der Waals surface area (Å²) < 4.78 is 4.92. The largest absolute Gasteiger partial charge is 0.383 e. The fourth-order valence-corrected chi connectivity index (χ4v) is 1.45. The van der Waals surface area contributed by atoms with Crippen molar-refractivity contribution in [1.82, 2.24) is 5.32 Å². The maximum atomic E-state index is 5.92. The molecular weight excluding hydrogens is 174 g/mol. The van der Waals surface area contributed by atoms with Crippen molar-refractivity contribution in [2.24, 2.45) is 5.92 Å². The molecule has 1 saturated carbocycles. The molecular formula is C9H18ClNO. The lowest BCUT2D eigenvalue weighted by Gasteiger charge is -2.08. The van der Waals surface area contributed by atoms with Crippen LogP contribution in [0.4, 0.5) is 0 Å². The molecule has 0 bridgehead atoms. The predicted octanol–water partition coefficient (Wildman–Crippen LogP) is 1.63. The third-order valence-corrected chi connectivity index (χ3v) is 2.42. The molecule has 1 N–H and O–H groups in total. The van der Waals surface area contributed by atoms with Crippen LogP contribution in [0.3, 0.4) is 0 Å². The molecule has 1 aliphatic rings. The normalized spacial score (nSPS) is 19.5. The Morgan fingerprint density at radius 3 is 2.92 bits per heavy atom. The summed E-state index contributed by atoms with van der Waals surface area (Å²) in [5.41, 5.74) is 0. The molecule has 12 heavy (non-hydrogen) atoms. The van der Waals surface area contributed by atoms with E-state index >= 15 is 0 Å². The van der Waals surface area contributed by atoms with E-state index in [1.807, 2.05) is 0 Å². The smallest absolute Gasteiger partial charge is 0.0693 e. The van der Waals surface area contributed by atoms with Gasteiger partial charge < -0.3 is 10.1 Å². The van der Waals surface area contributed by atoms with E-state index in [1.165, 1.54) is 19.3 Å². The van der Waals surface area contributed by atoms with Gasteiger partial charge in [0.1, 0.15) is 0 Å². The maximum Gasteiger partial charge on any atom is 0.0693 e. The number of methoxy groups -OCH3 is 1. The maximum absolute atomic E-state index is 5.92. The van der Waals surface area contributed by atoms with Crippen LogP contribution in [0.1, 0.15) is 19.3 Å². The summed E-state index contributed by atoms with van der Waals surface area (Å²) in [7, 11) is 1.68. The van der Waals surface area contributed by atoms with Crippen molar-refractivity contribution in [1.29, 1.82) is 0 Å².